The Labute approximate surface area is 127 Å². The molecule has 8 N–H and O–H groups in total. The summed E-state index contributed by atoms with van der Waals surface area (Å²) < 4.78 is 0. The summed E-state index contributed by atoms with van der Waals surface area (Å²) in [5.41, 5.74) is 0.0959. The molecule has 0 unspecified atom stereocenters. The number of aliphatic hydroxyl groups excluding tert-OH is 3. The molecule has 8 nitrogen and oxygen atoms in total. The standard InChI is InChI=1S/C14H21NO7/c15-14(22,11(18)10(17)8-16)13(21,12(19)20)7-6-9-4-2-1-3-5-9/h1-5,10-11,16-18,21-22H,6-8,15H2,(H,19,20)/t10-,11+,13+,14-/m0/s1. The summed E-state index contributed by atoms with van der Waals surface area (Å²) in [6.45, 7) is -0.963. The number of carbonyl (C=O) groups is 1. The summed E-state index contributed by atoms with van der Waals surface area (Å²) in [5, 5.41) is 57.4. The van der Waals surface area contributed by atoms with Crippen molar-refractivity contribution in [2.45, 2.75) is 36.4 Å². The normalized spacial score (nSPS) is 19.7. The van der Waals surface area contributed by atoms with Gasteiger partial charge in [0.05, 0.1) is 6.61 Å². The second-order valence-electron chi connectivity index (χ2n) is 5.17. The summed E-state index contributed by atoms with van der Waals surface area (Å²) in [5.74, 6) is -1.85. The van der Waals surface area contributed by atoms with E-state index < -0.39 is 42.5 Å². The first-order valence-corrected chi connectivity index (χ1v) is 6.64. The van der Waals surface area contributed by atoms with E-state index in [2.05, 4.69) is 0 Å². The minimum atomic E-state index is -3.06. The molecule has 124 valence electrons. The molecule has 0 bridgehead atoms. The summed E-state index contributed by atoms with van der Waals surface area (Å²) in [7, 11) is 0. The van der Waals surface area contributed by atoms with E-state index >= 15 is 0 Å². The van der Waals surface area contributed by atoms with Gasteiger partial charge < -0.3 is 30.6 Å². The zero-order valence-corrected chi connectivity index (χ0v) is 11.8. The van der Waals surface area contributed by atoms with Gasteiger partial charge in [0, 0.05) is 0 Å². The molecule has 0 saturated carbocycles. The van der Waals surface area contributed by atoms with E-state index in [9.17, 15) is 30.3 Å². The van der Waals surface area contributed by atoms with Gasteiger partial charge in [-0.05, 0) is 18.4 Å². The fourth-order valence-corrected chi connectivity index (χ4v) is 2.09. The van der Waals surface area contributed by atoms with Gasteiger partial charge in [-0.3, -0.25) is 5.73 Å². The lowest BCUT2D eigenvalue weighted by molar-refractivity contribution is -0.233. The minimum absolute atomic E-state index is 0.0606. The Bertz CT molecular complexity index is 493. The van der Waals surface area contributed by atoms with Crippen LogP contribution in [0.15, 0.2) is 30.3 Å². The smallest absolute Gasteiger partial charge is 0.340 e. The molecule has 0 aliphatic rings. The first-order chi connectivity index (χ1) is 10.2. The van der Waals surface area contributed by atoms with E-state index in [1.807, 2.05) is 0 Å². The van der Waals surface area contributed by atoms with Gasteiger partial charge >= 0.3 is 5.97 Å². The third kappa shape index (κ3) is 3.61. The molecule has 4 atom stereocenters. The highest BCUT2D eigenvalue weighted by Gasteiger charge is 2.58. The van der Waals surface area contributed by atoms with Gasteiger partial charge in [0.1, 0.15) is 12.2 Å². The maximum absolute atomic E-state index is 11.4. The summed E-state index contributed by atoms with van der Waals surface area (Å²) in [6.07, 6.45) is -4.61. The van der Waals surface area contributed by atoms with Crippen molar-refractivity contribution in [2.75, 3.05) is 6.61 Å². The Kier molecular flexibility index (Phi) is 6.00. The Morgan fingerprint density at radius 2 is 1.73 bits per heavy atom. The van der Waals surface area contributed by atoms with Gasteiger partial charge in [0.15, 0.2) is 5.72 Å². The first-order valence-electron chi connectivity index (χ1n) is 6.64. The Morgan fingerprint density at radius 1 is 1.18 bits per heavy atom. The first kappa shape index (κ1) is 18.5. The molecule has 0 aromatic heterocycles. The number of nitrogens with two attached hydrogens (primary N) is 1. The van der Waals surface area contributed by atoms with E-state index in [1.54, 1.807) is 30.3 Å². The van der Waals surface area contributed by atoms with Crippen LogP contribution in [-0.4, -0.2) is 66.7 Å². The lowest BCUT2D eigenvalue weighted by atomic mass is 9.80. The lowest BCUT2D eigenvalue weighted by Gasteiger charge is -2.41. The van der Waals surface area contributed by atoms with E-state index in [0.29, 0.717) is 5.56 Å². The number of rotatable bonds is 8. The molecular formula is C14H21NO7. The van der Waals surface area contributed by atoms with E-state index in [-0.39, 0.29) is 6.42 Å². The van der Waals surface area contributed by atoms with Crippen LogP contribution in [0.1, 0.15) is 12.0 Å². The van der Waals surface area contributed by atoms with Crippen molar-refractivity contribution in [3.8, 4) is 0 Å². The number of hydrogen-bond donors (Lipinski definition) is 7. The molecule has 0 radical (unpaired) electrons. The summed E-state index contributed by atoms with van der Waals surface area (Å²) in [6, 6.07) is 8.57. The van der Waals surface area contributed by atoms with Gasteiger partial charge in [-0.1, -0.05) is 30.3 Å². The molecule has 0 aliphatic heterocycles. The SMILES string of the molecule is N[C@](O)([C@H](O)[C@@H](O)CO)[C@@](O)(CCc1ccccc1)C(=O)O. The van der Waals surface area contributed by atoms with Gasteiger partial charge in [-0.2, -0.15) is 0 Å². The predicted octanol–water partition coefficient (Wildman–Crippen LogP) is -2.20. The lowest BCUT2D eigenvalue weighted by Crippen LogP contribution is -2.73. The van der Waals surface area contributed by atoms with Crippen LogP contribution in [0.5, 0.6) is 0 Å². The molecule has 0 saturated heterocycles. The van der Waals surface area contributed by atoms with Crippen molar-refractivity contribution < 1.29 is 35.4 Å². The predicted molar refractivity (Wildman–Crippen MR) is 75.6 cm³/mol. The number of aryl methyl sites for hydroxylation is 1. The Morgan fingerprint density at radius 3 is 2.18 bits per heavy atom. The number of aliphatic hydroxyl groups is 5. The molecule has 0 spiro atoms. The number of hydrogen-bond acceptors (Lipinski definition) is 7. The summed E-state index contributed by atoms with van der Waals surface area (Å²) >= 11 is 0. The van der Waals surface area contributed by atoms with Gasteiger partial charge in [0.2, 0.25) is 5.60 Å². The molecule has 0 aliphatic carbocycles. The van der Waals surface area contributed by atoms with Gasteiger partial charge in [-0.15, -0.1) is 0 Å². The van der Waals surface area contributed by atoms with E-state index in [0.717, 1.165) is 0 Å². The van der Waals surface area contributed by atoms with Crippen LogP contribution in [-0.2, 0) is 11.2 Å². The topological polar surface area (TPSA) is 164 Å². The molecule has 1 aromatic carbocycles. The number of benzene rings is 1. The monoisotopic (exact) mass is 315 g/mol. The third-order valence-electron chi connectivity index (χ3n) is 3.64. The molecule has 0 amide bonds. The van der Waals surface area contributed by atoms with Crippen molar-refractivity contribution in [3.63, 3.8) is 0 Å². The minimum Gasteiger partial charge on any atom is -0.479 e. The maximum Gasteiger partial charge on any atom is 0.340 e. The van der Waals surface area contributed by atoms with Gasteiger partial charge in [-0.25, -0.2) is 4.79 Å². The zero-order chi connectivity index (χ0) is 17.0. The van der Waals surface area contributed by atoms with E-state index in [4.69, 9.17) is 10.8 Å². The number of aliphatic carboxylic acids is 1. The van der Waals surface area contributed by atoms with Crippen LogP contribution in [0.3, 0.4) is 0 Å². The van der Waals surface area contributed by atoms with Crippen LogP contribution in [0.4, 0.5) is 0 Å². The van der Waals surface area contributed by atoms with Crippen molar-refractivity contribution in [2.24, 2.45) is 5.73 Å². The highest BCUT2D eigenvalue weighted by Crippen LogP contribution is 2.28. The van der Waals surface area contributed by atoms with Crippen LogP contribution in [0, 0.1) is 0 Å². The van der Waals surface area contributed by atoms with Crippen molar-refractivity contribution >= 4 is 5.97 Å². The van der Waals surface area contributed by atoms with Crippen LogP contribution in [0.25, 0.3) is 0 Å². The highest BCUT2D eigenvalue weighted by molar-refractivity contribution is 5.79. The summed E-state index contributed by atoms with van der Waals surface area (Å²) in [4.78, 5) is 11.4. The van der Waals surface area contributed by atoms with Gasteiger partial charge in [0.25, 0.3) is 0 Å². The average molecular weight is 315 g/mol. The van der Waals surface area contributed by atoms with Crippen LogP contribution < -0.4 is 5.73 Å². The van der Waals surface area contributed by atoms with Crippen molar-refractivity contribution in [3.05, 3.63) is 35.9 Å². The molecule has 0 heterocycles. The molecule has 0 fully saturated rings. The van der Waals surface area contributed by atoms with Crippen LogP contribution >= 0.6 is 0 Å². The Hall–Kier alpha value is -1.55. The zero-order valence-electron chi connectivity index (χ0n) is 11.8. The molecule has 1 rings (SSSR count). The fourth-order valence-electron chi connectivity index (χ4n) is 2.09. The second-order valence-corrected chi connectivity index (χ2v) is 5.17. The highest BCUT2D eigenvalue weighted by atomic mass is 16.4. The molecule has 1 aromatic rings. The maximum atomic E-state index is 11.4. The molecular weight excluding hydrogens is 294 g/mol. The molecule has 22 heavy (non-hydrogen) atoms. The fraction of sp³-hybridized carbons (Fsp3) is 0.500. The van der Waals surface area contributed by atoms with E-state index in [1.165, 1.54) is 0 Å². The number of carboxylic acids is 1. The quantitative estimate of drug-likeness (QED) is 0.265. The largest absolute Gasteiger partial charge is 0.479 e. The van der Waals surface area contributed by atoms with Crippen molar-refractivity contribution in [1.29, 1.82) is 0 Å². The Balaban J connectivity index is 3.01. The second kappa shape index (κ2) is 7.14. The molecule has 8 heteroatoms. The van der Waals surface area contributed by atoms with Crippen molar-refractivity contribution in [1.82, 2.24) is 0 Å². The number of carboxylic acid groups (broad SMARTS) is 1. The van der Waals surface area contributed by atoms with Crippen LogP contribution in [0.2, 0.25) is 0 Å². The average Bonchev–Trinajstić information content (AvgIpc) is 2.51. The third-order valence-corrected chi connectivity index (χ3v) is 3.64.